The third-order valence-electron chi connectivity index (χ3n) is 2.52. The van der Waals surface area contributed by atoms with Crippen LogP contribution < -0.4 is 5.32 Å². The Kier molecular flexibility index (Phi) is 6.82. The van der Waals surface area contributed by atoms with Crippen molar-refractivity contribution in [3.63, 3.8) is 0 Å². The number of hydrogen-bond acceptors (Lipinski definition) is 3. The van der Waals surface area contributed by atoms with Gasteiger partial charge in [-0.3, -0.25) is 4.79 Å². The van der Waals surface area contributed by atoms with Gasteiger partial charge in [0, 0.05) is 31.6 Å². The summed E-state index contributed by atoms with van der Waals surface area (Å²) in [5.74, 6) is -2.35. The van der Waals surface area contributed by atoms with Crippen molar-refractivity contribution < 1.29 is 27.9 Å². The van der Waals surface area contributed by atoms with Gasteiger partial charge in [-0.2, -0.15) is 13.2 Å². The summed E-state index contributed by atoms with van der Waals surface area (Å²) in [5, 5.41) is 10.4. The van der Waals surface area contributed by atoms with Gasteiger partial charge in [0.2, 0.25) is 5.91 Å². The molecule has 0 radical (unpaired) electrons. The summed E-state index contributed by atoms with van der Waals surface area (Å²) in [5.41, 5.74) is 0. The molecular formula is C11H19F3N2O3. The molecule has 0 aliphatic carbocycles. The van der Waals surface area contributed by atoms with Gasteiger partial charge in [-0.05, 0) is 6.92 Å². The van der Waals surface area contributed by atoms with Gasteiger partial charge in [-0.15, -0.1) is 0 Å². The zero-order valence-electron chi connectivity index (χ0n) is 11.1. The standard InChI is InChI=1S/C9H18N2O.C2HF3O2/c1-7(2)9(12)11-5-4-10-6-8(11)3;3-2(4,5)1(6)7/h7-8,10H,4-6H2,1-3H3;(H,6,7)/t8-;/m0./s1. The van der Waals surface area contributed by atoms with Crippen LogP contribution in [0.5, 0.6) is 0 Å². The smallest absolute Gasteiger partial charge is 0.475 e. The molecule has 1 saturated heterocycles. The van der Waals surface area contributed by atoms with Gasteiger partial charge in [0.05, 0.1) is 0 Å². The van der Waals surface area contributed by atoms with E-state index in [-0.39, 0.29) is 11.8 Å². The highest BCUT2D eigenvalue weighted by atomic mass is 19.4. The largest absolute Gasteiger partial charge is 0.490 e. The second-order valence-corrected chi connectivity index (χ2v) is 4.54. The van der Waals surface area contributed by atoms with Crippen LogP contribution >= 0.6 is 0 Å². The quantitative estimate of drug-likeness (QED) is 0.756. The second kappa shape index (κ2) is 7.32. The summed E-state index contributed by atoms with van der Waals surface area (Å²) in [7, 11) is 0. The first kappa shape index (κ1) is 17.7. The molecule has 1 fully saturated rings. The number of halogens is 3. The van der Waals surface area contributed by atoms with Crippen molar-refractivity contribution in [3.8, 4) is 0 Å². The average molecular weight is 284 g/mol. The van der Waals surface area contributed by atoms with Crippen LogP contribution in [0.3, 0.4) is 0 Å². The molecule has 0 saturated carbocycles. The van der Waals surface area contributed by atoms with Crippen molar-refractivity contribution in [1.29, 1.82) is 0 Å². The van der Waals surface area contributed by atoms with Crippen LogP contribution in [0.1, 0.15) is 20.8 Å². The molecule has 0 aromatic heterocycles. The number of aliphatic carboxylic acids is 1. The Balaban J connectivity index is 0.000000399. The van der Waals surface area contributed by atoms with Crippen molar-refractivity contribution in [2.75, 3.05) is 19.6 Å². The molecule has 0 bridgehead atoms. The van der Waals surface area contributed by atoms with Crippen molar-refractivity contribution in [1.82, 2.24) is 10.2 Å². The molecule has 0 spiro atoms. The molecule has 0 aromatic carbocycles. The molecule has 1 heterocycles. The van der Waals surface area contributed by atoms with Crippen LogP contribution in [0.15, 0.2) is 0 Å². The topological polar surface area (TPSA) is 69.6 Å². The fraction of sp³-hybridized carbons (Fsp3) is 0.818. The third kappa shape index (κ3) is 6.42. The van der Waals surface area contributed by atoms with Gasteiger partial charge in [0.25, 0.3) is 0 Å². The number of nitrogens with one attached hydrogen (secondary N) is 1. The van der Waals surface area contributed by atoms with E-state index in [0.29, 0.717) is 6.04 Å². The highest BCUT2D eigenvalue weighted by Gasteiger charge is 2.38. The lowest BCUT2D eigenvalue weighted by Gasteiger charge is -2.35. The number of carbonyl (C=O) groups excluding carboxylic acids is 1. The van der Waals surface area contributed by atoms with Gasteiger partial charge < -0.3 is 15.3 Å². The first-order chi connectivity index (χ1) is 8.57. The monoisotopic (exact) mass is 284 g/mol. The Morgan fingerprint density at radius 1 is 1.37 bits per heavy atom. The van der Waals surface area contributed by atoms with Gasteiger partial charge in [-0.25, -0.2) is 4.79 Å². The van der Waals surface area contributed by atoms with Gasteiger partial charge in [0.1, 0.15) is 0 Å². The molecule has 19 heavy (non-hydrogen) atoms. The fourth-order valence-corrected chi connectivity index (χ4v) is 1.50. The zero-order chi connectivity index (χ0) is 15.2. The second-order valence-electron chi connectivity index (χ2n) is 4.54. The van der Waals surface area contributed by atoms with Crippen LogP contribution in [-0.2, 0) is 9.59 Å². The number of carboxylic acids is 1. The molecule has 5 nitrogen and oxygen atoms in total. The predicted octanol–water partition coefficient (Wildman–Crippen LogP) is 1.10. The molecule has 1 aliphatic heterocycles. The molecule has 112 valence electrons. The Hall–Kier alpha value is -1.31. The van der Waals surface area contributed by atoms with Crippen molar-refractivity contribution in [3.05, 3.63) is 0 Å². The molecule has 1 rings (SSSR count). The van der Waals surface area contributed by atoms with E-state index in [2.05, 4.69) is 12.2 Å². The first-order valence-corrected chi connectivity index (χ1v) is 5.88. The SMILES string of the molecule is CC(C)C(=O)N1CCNC[C@@H]1C.O=C(O)C(F)(F)F. The Labute approximate surface area is 109 Å². The number of nitrogens with zero attached hydrogens (tertiary/aromatic N) is 1. The minimum Gasteiger partial charge on any atom is -0.475 e. The van der Waals surface area contributed by atoms with Gasteiger partial charge in [0.15, 0.2) is 0 Å². The average Bonchev–Trinajstić information content (AvgIpc) is 2.28. The van der Waals surface area contributed by atoms with E-state index in [1.54, 1.807) is 0 Å². The highest BCUT2D eigenvalue weighted by Crippen LogP contribution is 2.13. The van der Waals surface area contributed by atoms with Crippen LogP contribution in [0, 0.1) is 5.92 Å². The Morgan fingerprint density at radius 2 is 1.84 bits per heavy atom. The van der Waals surface area contributed by atoms with Crippen LogP contribution in [-0.4, -0.2) is 53.7 Å². The van der Waals surface area contributed by atoms with Crippen molar-refractivity contribution >= 4 is 11.9 Å². The number of hydrogen-bond donors (Lipinski definition) is 2. The molecule has 2 N–H and O–H groups in total. The fourth-order valence-electron chi connectivity index (χ4n) is 1.50. The molecule has 1 amide bonds. The van der Waals surface area contributed by atoms with Crippen molar-refractivity contribution in [2.45, 2.75) is 33.0 Å². The summed E-state index contributed by atoms with van der Waals surface area (Å²) in [6.45, 7) is 8.72. The van der Waals surface area contributed by atoms with Gasteiger partial charge in [-0.1, -0.05) is 13.8 Å². The van der Waals surface area contributed by atoms with E-state index in [4.69, 9.17) is 9.90 Å². The van der Waals surface area contributed by atoms with E-state index in [1.165, 1.54) is 0 Å². The number of carbonyl (C=O) groups is 2. The number of rotatable bonds is 1. The Morgan fingerprint density at radius 3 is 2.16 bits per heavy atom. The molecule has 1 aliphatic rings. The lowest BCUT2D eigenvalue weighted by atomic mass is 10.1. The minimum atomic E-state index is -5.08. The van der Waals surface area contributed by atoms with Gasteiger partial charge >= 0.3 is 12.1 Å². The maximum Gasteiger partial charge on any atom is 0.490 e. The first-order valence-electron chi connectivity index (χ1n) is 5.88. The Bertz CT molecular complexity index is 319. The highest BCUT2D eigenvalue weighted by molar-refractivity contribution is 5.78. The number of amides is 1. The van der Waals surface area contributed by atoms with E-state index in [0.717, 1.165) is 19.6 Å². The predicted molar refractivity (Wildman–Crippen MR) is 62.6 cm³/mol. The summed E-state index contributed by atoms with van der Waals surface area (Å²) in [6.07, 6.45) is -5.08. The molecular weight excluding hydrogens is 265 g/mol. The number of alkyl halides is 3. The summed E-state index contributed by atoms with van der Waals surface area (Å²) in [6, 6.07) is 0.355. The summed E-state index contributed by atoms with van der Waals surface area (Å²) in [4.78, 5) is 22.5. The molecule has 0 aromatic rings. The summed E-state index contributed by atoms with van der Waals surface area (Å²) >= 11 is 0. The third-order valence-corrected chi connectivity index (χ3v) is 2.52. The van der Waals surface area contributed by atoms with E-state index < -0.39 is 12.1 Å². The maximum atomic E-state index is 11.6. The number of piperazine rings is 1. The van der Waals surface area contributed by atoms with E-state index in [9.17, 15) is 18.0 Å². The molecule has 0 unspecified atom stereocenters. The van der Waals surface area contributed by atoms with E-state index in [1.807, 2.05) is 18.7 Å². The normalized spacial score (nSPS) is 19.7. The number of carboxylic acid groups (broad SMARTS) is 1. The minimum absolute atomic E-state index is 0.130. The lowest BCUT2D eigenvalue weighted by molar-refractivity contribution is -0.192. The van der Waals surface area contributed by atoms with E-state index >= 15 is 0 Å². The maximum absolute atomic E-state index is 11.6. The van der Waals surface area contributed by atoms with Crippen LogP contribution in [0.4, 0.5) is 13.2 Å². The molecule has 1 atom stereocenters. The summed E-state index contributed by atoms with van der Waals surface area (Å²) < 4.78 is 31.7. The van der Waals surface area contributed by atoms with Crippen LogP contribution in [0.2, 0.25) is 0 Å². The lowest BCUT2D eigenvalue weighted by Crippen LogP contribution is -2.53. The molecule has 8 heteroatoms. The van der Waals surface area contributed by atoms with Crippen LogP contribution in [0.25, 0.3) is 0 Å². The zero-order valence-corrected chi connectivity index (χ0v) is 11.1. The van der Waals surface area contributed by atoms with Crippen molar-refractivity contribution in [2.24, 2.45) is 5.92 Å².